The fourth-order valence-electron chi connectivity index (χ4n) is 1.95. The van der Waals surface area contributed by atoms with Crippen molar-refractivity contribution < 1.29 is 14.2 Å². The number of halogens is 2. The van der Waals surface area contributed by atoms with Gasteiger partial charge in [0, 0.05) is 30.5 Å². The van der Waals surface area contributed by atoms with Crippen LogP contribution in [-0.2, 0) is 10.3 Å². The normalized spacial score (nSPS) is 30.0. The Morgan fingerprint density at radius 1 is 1.53 bits per heavy atom. The summed E-state index contributed by atoms with van der Waals surface area (Å²) in [5.41, 5.74) is -0.782. The van der Waals surface area contributed by atoms with Gasteiger partial charge < -0.3 is 9.84 Å². The van der Waals surface area contributed by atoms with Crippen molar-refractivity contribution >= 4 is 11.6 Å². The summed E-state index contributed by atoms with van der Waals surface area (Å²) < 4.78 is 18.6. The topological polar surface area (TPSA) is 29.5 Å². The Morgan fingerprint density at radius 2 is 2.20 bits per heavy atom. The number of methoxy groups -OCH3 is 1. The van der Waals surface area contributed by atoms with E-state index in [0.717, 1.165) is 0 Å². The van der Waals surface area contributed by atoms with Gasteiger partial charge in [0.15, 0.2) is 0 Å². The van der Waals surface area contributed by atoms with Crippen molar-refractivity contribution in [3.05, 3.63) is 34.6 Å². The average Bonchev–Trinajstić information content (AvgIpc) is 2.12. The van der Waals surface area contributed by atoms with E-state index in [1.807, 2.05) is 0 Å². The molecule has 0 unspecified atom stereocenters. The van der Waals surface area contributed by atoms with Crippen LogP contribution in [0.5, 0.6) is 0 Å². The Bertz CT molecular complexity index is 375. The van der Waals surface area contributed by atoms with Gasteiger partial charge in [-0.2, -0.15) is 0 Å². The molecule has 0 aliphatic heterocycles. The monoisotopic (exact) mass is 230 g/mol. The zero-order chi connectivity index (χ0) is 11.1. The van der Waals surface area contributed by atoms with E-state index < -0.39 is 11.4 Å². The first-order chi connectivity index (χ1) is 7.05. The SMILES string of the molecule is COC1CC(O)(c2ccc(Cl)cc2F)C1. The van der Waals surface area contributed by atoms with Crippen LogP contribution in [0.1, 0.15) is 18.4 Å². The number of aliphatic hydroxyl groups is 1. The lowest BCUT2D eigenvalue weighted by atomic mass is 9.72. The van der Waals surface area contributed by atoms with E-state index in [1.165, 1.54) is 12.1 Å². The van der Waals surface area contributed by atoms with Crippen LogP contribution >= 0.6 is 11.6 Å². The number of ether oxygens (including phenoxy) is 1. The van der Waals surface area contributed by atoms with E-state index >= 15 is 0 Å². The predicted octanol–water partition coefficient (Wildman–Crippen LogP) is 2.48. The van der Waals surface area contributed by atoms with Gasteiger partial charge in [0.2, 0.25) is 0 Å². The molecule has 2 nitrogen and oxygen atoms in total. The highest BCUT2D eigenvalue weighted by Gasteiger charge is 2.45. The maximum absolute atomic E-state index is 13.5. The van der Waals surface area contributed by atoms with Crippen LogP contribution < -0.4 is 0 Å². The first kappa shape index (κ1) is 10.9. The van der Waals surface area contributed by atoms with Gasteiger partial charge in [0.05, 0.1) is 11.7 Å². The van der Waals surface area contributed by atoms with Crippen LogP contribution in [-0.4, -0.2) is 18.3 Å². The molecule has 2 rings (SSSR count). The van der Waals surface area contributed by atoms with Crippen LogP contribution in [0.4, 0.5) is 4.39 Å². The minimum Gasteiger partial charge on any atom is -0.385 e. The summed E-state index contributed by atoms with van der Waals surface area (Å²) in [5.74, 6) is -0.459. The van der Waals surface area contributed by atoms with Crippen molar-refractivity contribution in [2.45, 2.75) is 24.5 Å². The molecule has 1 fully saturated rings. The summed E-state index contributed by atoms with van der Waals surface area (Å²) in [6.07, 6.45) is 0.884. The van der Waals surface area contributed by atoms with Gasteiger partial charge in [-0.15, -0.1) is 0 Å². The van der Waals surface area contributed by atoms with E-state index in [0.29, 0.717) is 23.4 Å². The Labute approximate surface area is 92.6 Å². The Kier molecular flexibility index (Phi) is 2.71. The Morgan fingerprint density at radius 3 is 2.73 bits per heavy atom. The lowest BCUT2D eigenvalue weighted by molar-refractivity contribution is -0.134. The molecule has 0 atom stereocenters. The van der Waals surface area contributed by atoms with Gasteiger partial charge in [0.25, 0.3) is 0 Å². The summed E-state index contributed by atoms with van der Waals surface area (Å²) in [6, 6.07) is 4.33. The average molecular weight is 231 g/mol. The van der Waals surface area contributed by atoms with Crippen LogP contribution in [0.3, 0.4) is 0 Å². The minimum absolute atomic E-state index is 0.0186. The van der Waals surface area contributed by atoms with Gasteiger partial charge in [0.1, 0.15) is 5.82 Å². The van der Waals surface area contributed by atoms with Gasteiger partial charge in [-0.05, 0) is 12.1 Å². The molecule has 82 valence electrons. The van der Waals surface area contributed by atoms with Crippen LogP contribution in [0.25, 0.3) is 0 Å². The van der Waals surface area contributed by atoms with Crippen molar-refractivity contribution in [1.82, 2.24) is 0 Å². The van der Waals surface area contributed by atoms with Gasteiger partial charge in [-0.3, -0.25) is 0 Å². The Hall–Kier alpha value is -0.640. The van der Waals surface area contributed by atoms with E-state index in [-0.39, 0.29) is 6.10 Å². The quantitative estimate of drug-likeness (QED) is 0.846. The predicted molar refractivity (Wildman–Crippen MR) is 55.3 cm³/mol. The van der Waals surface area contributed by atoms with Crippen LogP contribution in [0, 0.1) is 5.82 Å². The lowest BCUT2D eigenvalue weighted by Crippen LogP contribution is -2.46. The smallest absolute Gasteiger partial charge is 0.130 e. The minimum atomic E-state index is -1.09. The maximum atomic E-state index is 13.5. The fraction of sp³-hybridized carbons (Fsp3) is 0.455. The number of rotatable bonds is 2. The summed E-state index contributed by atoms with van der Waals surface area (Å²) in [4.78, 5) is 0. The standard InChI is InChI=1S/C11H12ClFO2/c1-15-8-5-11(14,6-8)9-3-2-7(12)4-10(9)13/h2-4,8,14H,5-6H2,1H3. The van der Waals surface area contributed by atoms with Crippen LogP contribution in [0.2, 0.25) is 5.02 Å². The van der Waals surface area contributed by atoms with Gasteiger partial charge in [-0.25, -0.2) is 4.39 Å². The van der Waals surface area contributed by atoms with Gasteiger partial charge >= 0.3 is 0 Å². The first-order valence-electron chi connectivity index (χ1n) is 4.76. The molecule has 0 bridgehead atoms. The highest BCUT2D eigenvalue weighted by molar-refractivity contribution is 6.30. The number of hydrogen-bond acceptors (Lipinski definition) is 2. The molecule has 0 saturated heterocycles. The molecule has 1 aliphatic rings. The summed E-state index contributed by atoms with van der Waals surface area (Å²) in [6.45, 7) is 0. The largest absolute Gasteiger partial charge is 0.385 e. The number of benzene rings is 1. The number of hydrogen-bond donors (Lipinski definition) is 1. The molecule has 1 saturated carbocycles. The second kappa shape index (κ2) is 3.74. The highest BCUT2D eigenvalue weighted by atomic mass is 35.5. The second-order valence-electron chi connectivity index (χ2n) is 3.92. The third-order valence-corrected chi connectivity index (χ3v) is 3.13. The third-order valence-electron chi connectivity index (χ3n) is 2.90. The molecular formula is C11H12ClFO2. The van der Waals surface area contributed by atoms with Crippen molar-refractivity contribution in [3.8, 4) is 0 Å². The molecule has 15 heavy (non-hydrogen) atoms. The van der Waals surface area contributed by atoms with Crippen molar-refractivity contribution in [1.29, 1.82) is 0 Å². The van der Waals surface area contributed by atoms with E-state index in [2.05, 4.69) is 0 Å². The molecule has 4 heteroatoms. The van der Waals surface area contributed by atoms with Crippen molar-refractivity contribution in [2.24, 2.45) is 0 Å². The zero-order valence-corrected chi connectivity index (χ0v) is 9.09. The molecule has 0 heterocycles. The lowest BCUT2D eigenvalue weighted by Gasteiger charge is -2.43. The van der Waals surface area contributed by atoms with E-state index in [4.69, 9.17) is 16.3 Å². The van der Waals surface area contributed by atoms with Crippen molar-refractivity contribution in [2.75, 3.05) is 7.11 Å². The van der Waals surface area contributed by atoms with Gasteiger partial charge in [-0.1, -0.05) is 17.7 Å². The Balaban J connectivity index is 2.24. The summed E-state index contributed by atoms with van der Waals surface area (Å²) in [7, 11) is 1.59. The van der Waals surface area contributed by atoms with Crippen molar-refractivity contribution in [3.63, 3.8) is 0 Å². The van der Waals surface area contributed by atoms with E-state index in [9.17, 15) is 9.50 Å². The molecule has 0 radical (unpaired) electrons. The third kappa shape index (κ3) is 1.87. The maximum Gasteiger partial charge on any atom is 0.130 e. The molecular weight excluding hydrogens is 219 g/mol. The molecule has 0 spiro atoms. The summed E-state index contributed by atoms with van der Waals surface area (Å²) >= 11 is 5.64. The molecule has 1 N–H and O–H groups in total. The first-order valence-corrected chi connectivity index (χ1v) is 5.14. The fourth-order valence-corrected chi connectivity index (χ4v) is 2.11. The molecule has 1 aromatic rings. The van der Waals surface area contributed by atoms with Crippen LogP contribution in [0.15, 0.2) is 18.2 Å². The molecule has 1 aliphatic carbocycles. The summed E-state index contributed by atoms with van der Waals surface area (Å²) in [5, 5.41) is 10.4. The molecule has 0 amide bonds. The highest BCUT2D eigenvalue weighted by Crippen LogP contribution is 2.43. The second-order valence-corrected chi connectivity index (χ2v) is 4.36. The van der Waals surface area contributed by atoms with E-state index in [1.54, 1.807) is 13.2 Å². The zero-order valence-electron chi connectivity index (χ0n) is 8.34. The molecule has 0 aromatic heterocycles. The molecule has 1 aromatic carbocycles.